The van der Waals surface area contributed by atoms with Crippen molar-refractivity contribution in [1.82, 2.24) is 4.90 Å². The molecule has 1 unspecified atom stereocenters. The van der Waals surface area contributed by atoms with Gasteiger partial charge in [-0.1, -0.05) is 13.8 Å². The largest absolute Gasteiger partial charge is 0.348 e. The van der Waals surface area contributed by atoms with Gasteiger partial charge >= 0.3 is 0 Å². The van der Waals surface area contributed by atoms with Gasteiger partial charge in [0.05, 0.1) is 0 Å². The van der Waals surface area contributed by atoms with Crippen molar-refractivity contribution in [3.8, 4) is 0 Å². The number of nitrogens with zero attached hydrogens (tertiary/aromatic N) is 1. The SMILES string of the molecule is CC(C)C(Cl)C(=O)N(C)C. The number of amides is 1. The summed E-state index contributed by atoms with van der Waals surface area (Å²) in [6.45, 7) is 3.86. The van der Waals surface area contributed by atoms with E-state index in [1.54, 1.807) is 14.1 Å². The van der Waals surface area contributed by atoms with Gasteiger partial charge in [-0.2, -0.15) is 0 Å². The molecule has 3 heteroatoms. The third-order valence-corrected chi connectivity index (χ3v) is 1.95. The molecule has 1 atom stereocenters. The molecule has 0 rings (SSSR count). The van der Waals surface area contributed by atoms with E-state index in [2.05, 4.69) is 0 Å². The number of carbonyl (C=O) groups excluding carboxylic acids is 1. The van der Waals surface area contributed by atoms with Crippen LogP contribution in [0, 0.1) is 5.92 Å². The molecule has 0 radical (unpaired) electrons. The van der Waals surface area contributed by atoms with Crippen LogP contribution < -0.4 is 0 Å². The highest BCUT2D eigenvalue weighted by Crippen LogP contribution is 2.10. The number of halogens is 1. The van der Waals surface area contributed by atoms with Crippen LogP contribution >= 0.6 is 11.6 Å². The molecule has 0 fully saturated rings. The lowest BCUT2D eigenvalue weighted by atomic mass is 10.1. The third kappa shape index (κ3) is 2.56. The summed E-state index contributed by atoms with van der Waals surface area (Å²) in [6, 6.07) is 0. The topological polar surface area (TPSA) is 20.3 Å². The van der Waals surface area contributed by atoms with Crippen LogP contribution in [-0.4, -0.2) is 30.3 Å². The van der Waals surface area contributed by atoms with E-state index in [1.165, 1.54) is 4.90 Å². The van der Waals surface area contributed by atoms with Gasteiger partial charge < -0.3 is 4.90 Å². The fraction of sp³-hybridized carbons (Fsp3) is 0.857. The van der Waals surface area contributed by atoms with Gasteiger partial charge in [0.15, 0.2) is 0 Å². The Morgan fingerprint density at radius 1 is 1.40 bits per heavy atom. The summed E-state index contributed by atoms with van der Waals surface area (Å²) in [6.07, 6.45) is 0. The minimum Gasteiger partial charge on any atom is -0.348 e. The van der Waals surface area contributed by atoms with Gasteiger partial charge in [-0.05, 0) is 5.92 Å². The van der Waals surface area contributed by atoms with Crippen molar-refractivity contribution in [3.63, 3.8) is 0 Å². The van der Waals surface area contributed by atoms with Gasteiger partial charge in [0, 0.05) is 14.1 Å². The molecule has 0 heterocycles. The second-order valence-corrected chi connectivity index (χ2v) is 3.35. The Morgan fingerprint density at radius 3 is 1.90 bits per heavy atom. The zero-order valence-corrected chi connectivity index (χ0v) is 7.64. The van der Waals surface area contributed by atoms with E-state index in [0.717, 1.165) is 0 Å². The van der Waals surface area contributed by atoms with Gasteiger partial charge in [0.2, 0.25) is 5.91 Å². The smallest absolute Gasteiger partial charge is 0.240 e. The van der Waals surface area contributed by atoms with E-state index in [1.807, 2.05) is 13.8 Å². The lowest BCUT2D eigenvalue weighted by molar-refractivity contribution is -0.129. The molecule has 1 amide bonds. The van der Waals surface area contributed by atoms with Gasteiger partial charge in [-0.25, -0.2) is 0 Å². The minimum atomic E-state index is -0.380. The summed E-state index contributed by atoms with van der Waals surface area (Å²) >= 11 is 5.77. The van der Waals surface area contributed by atoms with Crippen LogP contribution in [0.5, 0.6) is 0 Å². The molecule has 0 aromatic heterocycles. The molecule has 0 bridgehead atoms. The highest BCUT2D eigenvalue weighted by atomic mass is 35.5. The quantitative estimate of drug-likeness (QED) is 0.563. The summed E-state index contributed by atoms with van der Waals surface area (Å²) in [5.41, 5.74) is 0. The van der Waals surface area contributed by atoms with Crippen LogP contribution in [0.25, 0.3) is 0 Å². The molecular weight excluding hydrogens is 150 g/mol. The first-order chi connectivity index (χ1) is 4.46. The van der Waals surface area contributed by atoms with Crippen LogP contribution in [0.4, 0.5) is 0 Å². The van der Waals surface area contributed by atoms with Crippen LogP contribution in [0.1, 0.15) is 13.8 Å². The zero-order valence-electron chi connectivity index (χ0n) is 6.89. The zero-order chi connectivity index (χ0) is 8.31. The lowest BCUT2D eigenvalue weighted by Gasteiger charge is -2.17. The fourth-order valence-corrected chi connectivity index (χ4v) is 0.727. The molecule has 0 saturated carbocycles. The lowest BCUT2D eigenvalue weighted by Crippen LogP contribution is -2.33. The average molecular weight is 164 g/mol. The van der Waals surface area contributed by atoms with Crippen molar-refractivity contribution < 1.29 is 4.79 Å². The Hall–Kier alpha value is -0.240. The monoisotopic (exact) mass is 163 g/mol. The maximum Gasteiger partial charge on any atom is 0.240 e. The van der Waals surface area contributed by atoms with Gasteiger partial charge in [0.1, 0.15) is 5.38 Å². The molecule has 0 spiro atoms. The molecule has 0 aliphatic rings. The first kappa shape index (κ1) is 9.76. The van der Waals surface area contributed by atoms with Crippen molar-refractivity contribution in [2.24, 2.45) is 5.92 Å². The molecule has 60 valence electrons. The molecule has 10 heavy (non-hydrogen) atoms. The number of carbonyl (C=O) groups is 1. The van der Waals surface area contributed by atoms with Gasteiger partial charge in [-0.3, -0.25) is 4.79 Å². The summed E-state index contributed by atoms with van der Waals surface area (Å²) in [5.74, 6) is 0.188. The van der Waals surface area contributed by atoms with E-state index in [9.17, 15) is 4.79 Å². The van der Waals surface area contributed by atoms with Crippen LogP contribution in [0.3, 0.4) is 0 Å². The van der Waals surface area contributed by atoms with E-state index in [-0.39, 0.29) is 17.2 Å². The normalized spacial score (nSPS) is 13.4. The van der Waals surface area contributed by atoms with Crippen molar-refractivity contribution in [3.05, 3.63) is 0 Å². The molecule has 0 saturated heterocycles. The van der Waals surface area contributed by atoms with E-state index >= 15 is 0 Å². The Balaban J connectivity index is 3.95. The molecule has 0 aromatic rings. The summed E-state index contributed by atoms with van der Waals surface area (Å²) in [7, 11) is 3.42. The molecular formula is C7H14ClNO. The average Bonchev–Trinajstić information content (AvgIpc) is 1.84. The Labute approximate surface area is 67.2 Å². The van der Waals surface area contributed by atoms with Crippen LogP contribution in [0.15, 0.2) is 0 Å². The van der Waals surface area contributed by atoms with Crippen molar-refractivity contribution in [2.75, 3.05) is 14.1 Å². The number of hydrogen-bond acceptors (Lipinski definition) is 1. The highest BCUT2D eigenvalue weighted by molar-refractivity contribution is 6.30. The molecule has 0 aromatic carbocycles. The van der Waals surface area contributed by atoms with E-state index in [0.29, 0.717) is 0 Å². The summed E-state index contributed by atoms with van der Waals surface area (Å²) < 4.78 is 0. The summed E-state index contributed by atoms with van der Waals surface area (Å²) in [4.78, 5) is 12.6. The Kier molecular flexibility index (Phi) is 3.72. The van der Waals surface area contributed by atoms with Crippen LogP contribution in [0.2, 0.25) is 0 Å². The standard InChI is InChI=1S/C7H14ClNO/c1-5(2)6(8)7(10)9(3)4/h5-6H,1-4H3. The van der Waals surface area contributed by atoms with Gasteiger partial charge in [0.25, 0.3) is 0 Å². The number of rotatable bonds is 2. The molecule has 0 N–H and O–H groups in total. The van der Waals surface area contributed by atoms with Crippen molar-refractivity contribution >= 4 is 17.5 Å². The van der Waals surface area contributed by atoms with Crippen molar-refractivity contribution in [1.29, 1.82) is 0 Å². The first-order valence-corrected chi connectivity index (χ1v) is 3.75. The maximum absolute atomic E-state index is 11.1. The van der Waals surface area contributed by atoms with E-state index in [4.69, 9.17) is 11.6 Å². The van der Waals surface area contributed by atoms with Crippen molar-refractivity contribution in [2.45, 2.75) is 19.2 Å². The van der Waals surface area contributed by atoms with Crippen LogP contribution in [-0.2, 0) is 4.79 Å². The van der Waals surface area contributed by atoms with E-state index < -0.39 is 0 Å². The fourth-order valence-electron chi connectivity index (χ4n) is 0.532. The maximum atomic E-state index is 11.1. The molecule has 2 nitrogen and oxygen atoms in total. The summed E-state index contributed by atoms with van der Waals surface area (Å²) in [5, 5.41) is -0.380. The minimum absolute atomic E-state index is 0.0170. The van der Waals surface area contributed by atoms with Gasteiger partial charge in [-0.15, -0.1) is 11.6 Å². The second kappa shape index (κ2) is 3.81. The highest BCUT2D eigenvalue weighted by Gasteiger charge is 2.19. The second-order valence-electron chi connectivity index (χ2n) is 2.88. The predicted octanol–water partition coefficient (Wildman–Crippen LogP) is 1.34. The first-order valence-electron chi connectivity index (χ1n) is 3.32. The third-order valence-electron chi connectivity index (χ3n) is 1.26. The number of alkyl halides is 1. The Morgan fingerprint density at radius 2 is 1.80 bits per heavy atom. The predicted molar refractivity (Wildman–Crippen MR) is 43.2 cm³/mol. The molecule has 0 aliphatic heterocycles. The molecule has 0 aliphatic carbocycles. The number of hydrogen-bond donors (Lipinski definition) is 0. The Bertz CT molecular complexity index is 123.